The van der Waals surface area contributed by atoms with Crippen LogP contribution in [0.2, 0.25) is 0 Å². The van der Waals surface area contributed by atoms with Crippen LogP contribution in [0, 0.1) is 22.7 Å². The Kier molecular flexibility index (Phi) is 4.38. The van der Waals surface area contributed by atoms with E-state index in [9.17, 15) is 18.3 Å². The van der Waals surface area contributed by atoms with E-state index in [1.165, 1.54) is 36.4 Å². The van der Waals surface area contributed by atoms with Crippen LogP contribution in [0.15, 0.2) is 48.0 Å². The Labute approximate surface area is 130 Å². The molecule has 0 heterocycles. The van der Waals surface area contributed by atoms with Crippen molar-refractivity contribution in [1.82, 2.24) is 0 Å². The first-order valence-corrected chi connectivity index (χ1v) is 6.37. The van der Waals surface area contributed by atoms with E-state index in [0.29, 0.717) is 11.1 Å². The van der Waals surface area contributed by atoms with Crippen LogP contribution in [-0.4, -0.2) is 5.11 Å². The standard InChI is InChI=1S/C17H9F3N2O/c18-17(19,20)15-4-1-12(2-5-15)13-3-6-16(23)14(8-13)7-11(9-21)10-22/h1-8,23H. The Balaban J connectivity index is 2.44. The molecule has 23 heavy (non-hydrogen) atoms. The van der Waals surface area contributed by atoms with Crippen molar-refractivity contribution in [2.75, 3.05) is 0 Å². The van der Waals surface area contributed by atoms with E-state index in [1.54, 1.807) is 12.1 Å². The van der Waals surface area contributed by atoms with E-state index in [0.717, 1.165) is 12.1 Å². The fraction of sp³-hybridized carbons (Fsp3) is 0.0588. The minimum atomic E-state index is -4.41. The zero-order valence-electron chi connectivity index (χ0n) is 11.6. The second kappa shape index (κ2) is 6.25. The molecule has 0 aliphatic rings. The van der Waals surface area contributed by atoms with Gasteiger partial charge < -0.3 is 5.11 Å². The van der Waals surface area contributed by atoms with Crippen LogP contribution in [0.25, 0.3) is 17.2 Å². The molecular weight excluding hydrogens is 305 g/mol. The molecule has 3 nitrogen and oxygen atoms in total. The molecule has 2 aromatic rings. The van der Waals surface area contributed by atoms with Gasteiger partial charge in [0, 0.05) is 5.56 Å². The molecule has 0 atom stereocenters. The molecule has 0 bridgehead atoms. The number of phenolic OH excluding ortho intramolecular Hbond substituents is 1. The van der Waals surface area contributed by atoms with Gasteiger partial charge in [-0.2, -0.15) is 23.7 Å². The van der Waals surface area contributed by atoms with Gasteiger partial charge in [0.05, 0.1) is 5.56 Å². The number of aromatic hydroxyl groups is 1. The molecular formula is C17H9F3N2O. The summed E-state index contributed by atoms with van der Waals surface area (Å²) >= 11 is 0. The Bertz CT molecular complexity index is 822. The molecule has 0 aliphatic carbocycles. The number of phenols is 1. The number of hydrogen-bond acceptors (Lipinski definition) is 3. The first-order chi connectivity index (χ1) is 10.8. The maximum Gasteiger partial charge on any atom is 0.416 e. The fourth-order valence-electron chi connectivity index (χ4n) is 1.95. The van der Waals surface area contributed by atoms with Crippen molar-refractivity contribution in [2.24, 2.45) is 0 Å². The lowest BCUT2D eigenvalue weighted by molar-refractivity contribution is -0.137. The molecule has 0 unspecified atom stereocenters. The quantitative estimate of drug-likeness (QED) is 0.829. The Morgan fingerprint density at radius 2 is 1.52 bits per heavy atom. The van der Waals surface area contributed by atoms with Crippen LogP contribution in [0.1, 0.15) is 11.1 Å². The van der Waals surface area contributed by atoms with Crippen molar-refractivity contribution in [2.45, 2.75) is 6.18 Å². The van der Waals surface area contributed by atoms with Crippen LogP contribution in [0.5, 0.6) is 5.75 Å². The first-order valence-electron chi connectivity index (χ1n) is 6.37. The van der Waals surface area contributed by atoms with Gasteiger partial charge in [-0.15, -0.1) is 0 Å². The summed E-state index contributed by atoms with van der Waals surface area (Å²) in [5.41, 5.74) is 0.364. The number of benzene rings is 2. The normalized spacial score (nSPS) is 10.5. The van der Waals surface area contributed by atoms with Crippen LogP contribution < -0.4 is 0 Å². The van der Waals surface area contributed by atoms with E-state index in [4.69, 9.17) is 10.5 Å². The van der Waals surface area contributed by atoms with Gasteiger partial charge in [-0.1, -0.05) is 18.2 Å². The van der Waals surface area contributed by atoms with Crippen LogP contribution in [0.3, 0.4) is 0 Å². The third-order valence-electron chi connectivity index (χ3n) is 3.11. The first kappa shape index (κ1) is 16.1. The summed E-state index contributed by atoms with van der Waals surface area (Å²) in [4.78, 5) is 0. The van der Waals surface area contributed by atoms with Gasteiger partial charge in [-0.25, -0.2) is 0 Å². The predicted molar refractivity (Wildman–Crippen MR) is 77.7 cm³/mol. The smallest absolute Gasteiger partial charge is 0.416 e. The molecule has 0 aliphatic heterocycles. The maximum atomic E-state index is 12.6. The molecule has 0 radical (unpaired) electrons. The number of alkyl halides is 3. The van der Waals surface area contributed by atoms with Gasteiger partial charge in [-0.05, 0) is 41.5 Å². The third kappa shape index (κ3) is 3.69. The average Bonchev–Trinajstić information content (AvgIpc) is 2.53. The molecule has 114 valence electrons. The topological polar surface area (TPSA) is 67.8 Å². The highest BCUT2D eigenvalue weighted by atomic mass is 19.4. The van der Waals surface area contributed by atoms with Crippen molar-refractivity contribution < 1.29 is 18.3 Å². The highest BCUT2D eigenvalue weighted by molar-refractivity contribution is 5.73. The largest absolute Gasteiger partial charge is 0.507 e. The number of nitrogens with zero attached hydrogens (tertiary/aromatic N) is 2. The van der Waals surface area contributed by atoms with Crippen LogP contribution in [-0.2, 0) is 6.18 Å². The monoisotopic (exact) mass is 314 g/mol. The van der Waals surface area contributed by atoms with E-state index >= 15 is 0 Å². The number of halogens is 3. The van der Waals surface area contributed by atoms with Crippen LogP contribution >= 0.6 is 0 Å². The molecule has 2 aromatic carbocycles. The van der Waals surface area contributed by atoms with E-state index in [2.05, 4.69) is 0 Å². The van der Waals surface area contributed by atoms with Gasteiger partial charge in [0.2, 0.25) is 0 Å². The lowest BCUT2D eigenvalue weighted by Crippen LogP contribution is -2.03. The predicted octanol–water partition coefficient (Wildman–Crippen LogP) is 4.51. The lowest BCUT2D eigenvalue weighted by atomic mass is 10.00. The third-order valence-corrected chi connectivity index (χ3v) is 3.11. The molecule has 2 rings (SSSR count). The van der Waals surface area contributed by atoms with Gasteiger partial charge in [0.1, 0.15) is 23.5 Å². The van der Waals surface area contributed by atoms with Gasteiger partial charge in [0.25, 0.3) is 0 Å². The zero-order valence-corrected chi connectivity index (χ0v) is 11.6. The lowest BCUT2D eigenvalue weighted by Gasteiger charge is -2.09. The Hall–Kier alpha value is -3.25. The van der Waals surface area contributed by atoms with Gasteiger partial charge in [0.15, 0.2) is 0 Å². The summed E-state index contributed by atoms with van der Waals surface area (Å²) in [5, 5.41) is 27.2. The molecule has 0 fully saturated rings. The van der Waals surface area contributed by atoms with E-state index in [1.807, 2.05) is 0 Å². The summed E-state index contributed by atoms with van der Waals surface area (Å²) in [7, 11) is 0. The summed E-state index contributed by atoms with van der Waals surface area (Å²) in [6.07, 6.45) is -3.20. The molecule has 0 saturated carbocycles. The van der Waals surface area contributed by atoms with E-state index in [-0.39, 0.29) is 16.9 Å². The van der Waals surface area contributed by atoms with Crippen LogP contribution in [0.4, 0.5) is 13.2 Å². The van der Waals surface area contributed by atoms with Crippen molar-refractivity contribution in [3.05, 3.63) is 59.2 Å². The summed E-state index contributed by atoms with van der Waals surface area (Å²) in [6.45, 7) is 0. The molecule has 0 saturated heterocycles. The van der Waals surface area contributed by atoms with Gasteiger partial charge >= 0.3 is 6.18 Å². The number of hydrogen-bond donors (Lipinski definition) is 1. The number of rotatable bonds is 2. The Morgan fingerprint density at radius 3 is 2.04 bits per heavy atom. The average molecular weight is 314 g/mol. The van der Waals surface area contributed by atoms with Crippen molar-refractivity contribution in [3.63, 3.8) is 0 Å². The highest BCUT2D eigenvalue weighted by Crippen LogP contribution is 2.32. The number of nitriles is 2. The molecule has 0 aromatic heterocycles. The number of allylic oxidation sites excluding steroid dienone is 1. The Morgan fingerprint density at radius 1 is 0.957 bits per heavy atom. The minimum absolute atomic E-state index is 0.135. The van der Waals surface area contributed by atoms with Crippen molar-refractivity contribution >= 4 is 6.08 Å². The maximum absolute atomic E-state index is 12.6. The van der Waals surface area contributed by atoms with E-state index < -0.39 is 11.7 Å². The summed E-state index contributed by atoms with van der Waals surface area (Å²) in [6, 6.07) is 12.3. The highest BCUT2D eigenvalue weighted by Gasteiger charge is 2.29. The molecule has 1 N–H and O–H groups in total. The fourth-order valence-corrected chi connectivity index (χ4v) is 1.95. The molecule has 0 spiro atoms. The molecule has 6 heteroatoms. The SMILES string of the molecule is N#CC(C#N)=Cc1cc(-c2ccc(C(F)(F)F)cc2)ccc1O. The van der Waals surface area contributed by atoms with Crippen molar-refractivity contribution in [3.8, 4) is 29.0 Å². The zero-order chi connectivity index (χ0) is 17.0. The molecule has 0 amide bonds. The summed E-state index contributed by atoms with van der Waals surface area (Å²) < 4.78 is 37.7. The second-order valence-electron chi connectivity index (χ2n) is 4.63. The van der Waals surface area contributed by atoms with Gasteiger partial charge in [-0.3, -0.25) is 0 Å². The van der Waals surface area contributed by atoms with Crippen molar-refractivity contribution in [1.29, 1.82) is 10.5 Å². The minimum Gasteiger partial charge on any atom is -0.507 e. The second-order valence-corrected chi connectivity index (χ2v) is 4.63. The summed E-state index contributed by atoms with van der Waals surface area (Å²) in [5.74, 6) is -0.135.